The monoisotopic (exact) mass is 164 g/mol. The lowest BCUT2D eigenvalue weighted by atomic mass is 10.0. The van der Waals surface area contributed by atoms with Crippen LogP contribution in [0.3, 0.4) is 0 Å². The third-order valence-corrected chi connectivity index (χ3v) is 2.36. The zero-order valence-corrected chi connectivity index (χ0v) is 6.86. The molecule has 0 bridgehead atoms. The van der Waals surface area contributed by atoms with Gasteiger partial charge in [-0.15, -0.1) is 0 Å². The Hall–Kier alpha value is -1.09. The van der Waals surface area contributed by atoms with Crippen LogP contribution < -0.4 is 11.3 Å². The molecule has 0 aromatic carbocycles. The minimum absolute atomic E-state index is 0.0487. The summed E-state index contributed by atoms with van der Waals surface area (Å²) >= 11 is 0. The summed E-state index contributed by atoms with van der Waals surface area (Å²) < 4.78 is 1.77. The molecule has 1 aliphatic heterocycles. The first kappa shape index (κ1) is 7.55. The van der Waals surface area contributed by atoms with Crippen molar-refractivity contribution < 1.29 is 0 Å². The number of hydrogen-bond acceptors (Lipinski definition) is 2. The Kier molecular flexibility index (Phi) is 1.73. The van der Waals surface area contributed by atoms with Gasteiger partial charge in [-0.1, -0.05) is 6.07 Å². The molecule has 0 aliphatic carbocycles. The van der Waals surface area contributed by atoms with E-state index in [0.29, 0.717) is 0 Å². The van der Waals surface area contributed by atoms with E-state index in [1.165, 1.54) is 0 Å². The number of pyridine rings is 1. The van der Waals surface area contributed by atoms with Crippen LogP contribution in [0.25, 0.3) is 0 Å². The van der Waals surface area contributed by atoms with E-state index in [4.69, 9.17) is 5.73 Å². The zero-order chi connectivity index (χ0) is 8.55. The Balaban J connectivity index is 2.59. The molecule has 3 nitrogen and oxygen atoms in total. The summed E-state index contributed by atoms with van der Waals surface area (Å²) in [7, 11) is 0. The molecule has 1 unspecified atom stereocenters. The smallest absolute Gasteiger partial charge is 0.250 e. The third kappa shape index (κ3) is 1.06. The second-order valence-electron chi connectivity index (χ2n) is 3.19. The fourth-order valence-electron chi connectivity index (χ4n) is 1.72. The molecular weight excluding hydrogens is 152 g/mol. The van der Waals surface area contributed by atoms with Gasteiger partial charge >= 0.3 is 0 Å². The van der Waals surface area contributed by atoms with E-state index in [-0.39, 0.29) is 11.6 Å². The van der Waals surface area contributed by atoms with Gasteiger partial charge in [-0.2, -0.15) is 0 Å². The van der Waals surface area contributed by atoms with Crippen molar-refractivity contribution in [3.63, 3.8) is 0 Å². The van der Waals surface area contributed by atoms with Crippen molar-refractivity contribution in [1.82, 2.24) is 4.57 Å². The van der Waals surface area contributed by atoms with Crippen LogP contribution in [0.2, 0.25) is 0 Å². The first-order valence-electron chi connectivity index (χ1n) is 4.24. The normalized spacial score (nSPS) is 21.9. The molecule has 0 spiro atoms. The van der Waals surface area contributed by atoms with Gasteiger partial charge in [0.2, 0.25) is 0 Å². The second kappa shape index (κ2) is 2.75. The SMILES string of the molecule is NC1CCCn2c1cccc2=O. The summed E-state index contributed by atoms with van der Waals surface area (Å²) in [6.45, 7) is 0.822. The van der Waals surface area contributed by atoms with Gasteiger partial charge in [-0.05, 0) is 18.9 Å². The number of aromatic nitrogens is 1. The Morgan fingerprint density at radius 2 is 2.33 bits per heavy atom. The Morgan fingerprint density at radius 3 is 3.08 bits per heavy atom. The van der Waals surface area contributed by atoms with Crippen molar-refractivity contribution in [2.24, 2.45) is 5.73 Å². The highest BCUT2D eigenvalue weighted by atomic mass is 16.1. The molecule has 1 aromatic rings. The molecule has 0 fully saturated rings. The average molecular weight is 164 g/mol. The first-order chi connectivity index (χ1) is 5.79. The lowest BCUT2D eigenvalue weighted by molar-refractivity contribution is 0.448. The molecular formula is C9H12N2O. The van der Waals surface area contributed by atoms with Crippen molar-refractivity contribution in [2.45, 2.75) is 25.4 Å². The van der Waals surface area contributed by atoms with E-state index in [1.807, 2.05) is 6.07 Å². The van der Waals surface area contributed by atoms with Crippen molar-refractivity contribution in [3.8, 4) is 0 Å². The zero-order valence-electron chi connectivity index (χ0n) is 6.86. The molecule has 0 amide bonds. The standard InChI is InChI=1S/C9H12N2O/c10-7-3-2-6-11-8(7)4-1-5-9(11)12/h1,4-5,7H,2-3,6,10H2. The van der Waals surface area contributed by atoms with E-state index in [1.54, 1.807) is 16.7 Å². The number of hydrogen-bond donors (Lipinski definition) is 1. The average Bonchev–Trinajstić information content (AvgIpc) is 2.07. The molecule has 1 atom stereocenters. The van der Waals surface area contributed by atoms with Gasteiger partial charge in [-0.25, -0.2) is 0 Å². The van der Waals surface area contributed by atoms with Gasteiger partial charge in [0, 0.05) is 24.3 Å². The molecule has 2 N–H and O–H groups in total. The second-order valence-corrected chi connectivity index (χ2v) is 3.19. The van der Waals surface area contributed by atoms with Gasteiger partial charge in [0.25, 0.3) is 5.56 Å². The molecule has 12 heavy (non-hydrogen) atoms. The van der Waals surface area contributed by atoms with E-state index in [9.17, 15) is 4.79 Å². The van der Waals surface area contributed by atoms with Crippen molar-refractivity contribution in [1.29, 1.82) is 0 Å². The Labute approximate surface area is 70.8 Å². The van der Waals surface area contributed by atoms with Crippen LogP contribution >= 0.6 is 0 Å². The number of nitrogens with two attached hydrogens (primary N) is 1. The third-order valence-electron chi connectivity index (χ3n) is 2.36. The summed E-state index contributed by atoms with van der Waals surface area (Å²) in [5.74, 6) is 0. The van der Waals surface area contributed by atoms with Gasteiger partial charge in [0.05, 0.1) is 0 Å². The maximum atomic E-state index is 11.3. The molecule has 0 radical (unpaired) electrons. The predicted octanol–water partition coefficient (Wildman–Crippen LogP) is 0.642. The summed E-state index contributed by atoms with van der Waals surface area (Å²) in [5, 5.41) is 0. The summed E-state index contributed by atoms with van der Waals surface area (Å²) in [6.07, 6.45) is 2.00. The molecule has 2 rings (SSSR count). The summed E-state index contributed by atoms with van der Waals surface area (Å²) in [6, 6.07) is 5.35. The van der Waals surface area contributed by atoms with Crippen LogP contribution in [-0.2, 0) is 6.54 Å². The topological polar surface area (TPSA) is 48.0 Å². The predicted molar refractivity (Wildman–Crippen MR) is 46.9 cm³/mol. The summed E-state index contributed by atoms with van der Waals surface area (Å²) in [5.41, 5.74) is 6.91. The largest absolute Gasteiger partial charge is 0.323 e. The van der Waals surface area contributed by atoms with Crippen LogP contribution in [0.4, 0.5) is 0 Å². The van der Waals surface area contributed by atoms with E-state index >= 15 is 0 Å². The fourth-order valence-corrected chi connectivity index (χ4v) is 1.72. The van der Waals surface area contributed by atoms with E-state index in [0.717, 1.165) is 25.1 Å². The number of fused-ring (bicyclic) bond motifs is 1. The number of nitrogens with zero attached hydrogens (tertiary/aromatic N) is 1. The molecule has 3 heteroatoms. The first-order valence-corrected chi connectivity index (χ1v) is 4.24. The minimum Gasteiger partial charge on any atom is -0.323 e. The Bertz CT molecular complexity index is 343. The Morgan fingerprint density at radius 1 is 1.50 bits per heavy atom. The van der Waals surface area contributed by atoms with Gasteiger partial charge in [0.1, 0.15) is 0 Å². The van der Waals surface area contributed by atoms with Gasteiger partial charge in [0.15, 0.2) is 0 Å². The van der Waals surface area contributed by atoms with Crippen LogP contribution in [-0.4, -0.2) is 4.57 Å². The molecule has 0 saturated carbocycles. The molecule has 1 aromatic heterocycles. The molecule has 1 aliphatic rings. The maximum Gasteiger partial charge on any atom is 0.250 e. The van der Waals surface area contributed by atoms with Crippen LogP contribution in [0.5, 0.6) is 0 Å². The molecule has 0 saturated heterocycles. The van der Waals surface area contributed by atoms with E-state index < -0.39 is 0 Å². The van der Waals surface area contributed by atoms with Crippen LogP contribution in [0.1, 0.15) is 24.6 Å². The molecule has 64 valence electrons. The van der Waals surface area contributed by atoms with Crippen molar-refractivity contribution >= 4 is 0 Å². The van der Waals surface area contributed by atoms with Gasteiger partial charge < -0.3 is 10.3 Å². The fraction of sp³-hybridized carbons (Fsp3) is 0.444. The molecule has 2 heterocycles. The van der Waals surface area contributed by atoms with Crippen molar-refractivity contribution in [3.05, 3.63) is 34.2 Å². The highest BCUT2D eigenvalue weighted by Crippen LogP contribution is 2.19. The van der Waals surface area contributed by atoms with Gasteiger partial charge in [-0.3, -0.25) is 4.79 Å². The summed E-state index contributed by atoms with van der Waals surface area (Å²) in [4.78, 5) is 11.3. The lowest BCUT2D eigenvalue weighted by Crippen LogP contribution is -2.30. The lowest BCUT2D eigenvalue weighted by Gasteiger charge is -2.23. The van der Waals surface area contributed by atoms with Crippen LogP contribution in [0, 0.1) is 0 Å². The quantitative estimate of drug-likeness (QED) is 0.611. The number of rotatable bonds is 0. The maximum absolute atomic E-state index is 11.3. The highest BCUT2D eigenvalue weighted by Gasteiger charge is 2.15. The highest BCUT2D eigenvalue weighted by molar-refractivity contribution is 5.12. The van der Waals surface area contributed by atoms with Crippen LogP contribution in [0.15, 0.2) is 23.0 Å². The van der Waals surface area contributed by atoms with E-state index in [2.05, 4.69) is 0 Å². The minimum atomic E-state index is 0.0487. The van der Waals surface area contributed by atoms with Crippen molar-refractivity contribution in [2.75, 3.05) is 0 Å².